The summed E-state index contributed by atoms with van der Waals surface area (Å²) < 4.78 is 23.6. The van der Waals surface area contributed by atoms with Crippen LogP contribution in [-0.4, -0.2) is 134 Å². The molecular formula is C49H68N4O9. The Morgan fingerprint density at radius 1 is 1.03 bits per heavy atom. The fourth-order valence-electron chi connectivity index (χ4n) is 12.4. The first-order chi connectivity index (χ1) is 29.3. The summed E-state index contributed by atoms with van der Waals surface area (Å²) in [5, 5.41) is 25.2. The topological polar surface area (TPSA) is 154 Å². The number of aryl methyl sites for hydroxylation is 1. The molecule has 7 rings (SSSR count). The normalized spacial score (nSPS) is 31.1. The van der Waals surface area contributed by atoms with Crippen LogP contribution in [0.25, 0.3) is 10.9 Å². The van der Waals surface area contributed by atoms with Crippen LogP contribution in [0.15, 0.2) is 42.5 Å². The molecule has 9 atom stereocenters. The molecule has 13 heteroatoms. The number of piperidine rings is 1. The molecule has 5 heterocycles. The van der Waals surface area contributed by atoms with Crippen molar-refractivity contribution in [2.45, 2.75) is 114 Å². The van der Waals surface area contributed by atoms with Gasteiger partial charge in [-0.1, -0.05) is 44.6 Å². The number of rotatable bonds is 11. The molecule has 4 aliphatic rings. The molecule has 3 N–H and O–H groups in total. The summed E-state index contributed by atoms with van der Waals surface area (Å²) in [6.07, 6.45) is 5.94. The second-order valence-electron chi connectivity index (χ2n) is 19.3. The summed E-state index contributed by atoms with van der Waals surface area (Å²) in [6, 6.07) is 10.1. The largest absolute Gasteiger partial charge is 0.496 e. The van der Waals surface area contributed by atoms with E-state index in [2.05, 4.69) is 57.8 Å². The third-order valence-electron chi connectivity index (χ3n) is 15.2. The van der Waals surface area contributed by atoms with Crippen molar-refractivity contribution >= 4 is 34.5 Å². The fourth-order valence-corrected chi connectivity index (χ4v) is 12.4. The van der Waals surface area contributed by atoms with Crippen LogP contribution < -0.4 is 9.64 Å². The number of methoxy groups -OCH3 is 3. The smallest absolute Gasteiger partial charge is 0.341 e. The van der Waals surface area contributed by atoms with Crippen LogP contribution in [0, 0.1) is 18.3 Å². The zero-order valence-electron chi connectivity index (χ0n) is 38.6. The first kappa shape index (κ1) is 45.6. The molecule has 2 bridgehead atoms. The number of anilines is 1. The van der Waals surface area contributed by atoms with Crippen molar-refractivity contribution in [3.05, 3.63) is 70.4 Å². The van der Waals surface area contributed by atoms with E-state index in [0.29, 0.717) is 82.6 Å². The minimum absolute atomic E-state index is 0.0904. The zero-order valence-corrected chi connectivity index (χ0v) is 38.6. The lowest BCUT2D eigenvalue weighted by Crippen LogP contribution is -2.66. The van der Waals surface area contributed by atoms with Crippen molar-refractivity contribution in [3.8, 4) is 5.75 Å². The first-order valence-corrected chi connectivity index (χ1v) is 22.2. The molecule has 2 saturated heterocycles. The van der Waals surface area contributed by atoms with Gasteiger partial charge in [0.1, 0.15) is 11.2 Å². The van der Waals surface area contributed by atoms with Crippen LogP contribution in [0.4, 0.5) is 5.69 Å². The van der Waals surface area contributed by atoms with Crippen molar-refractivity contribution in [1.82, 2.24) is 14.8 Å². The predicted octanol–water partition coefficient (Wildman–Crippen LogP) is 5.57. The number of aromatic amines is 1. The van der Waals surface area contributed by atoms with Crippen molar-refractivity contribution in [1.29, 1.82) is 0 Å². The maximum absolute atomic E-state index is 15.4. The van der Waals surface area contributed by atoms with Gasteiger partial charge in [0.25, 0.3) is 0 Å². The molecule has 1 aromatic heterocycles. The number of aromatic nitrogens is 1. The SMILES string of the molecule is CC[C@]1(O)C[C@@H]2CN(CCc3c([nH]c4ccc(C)cc34)[C@@](C(=O)OC)(c3cc([C@]4(C)CCN5CC=C[C@@](CC)([C@@H](OC(C)=O)C(C)(O)C(=O)OC)C54)c(N(C)C)cc3OC)C2)C1. The van der Waals surface area contributed by atoms with Crippen LogP contribution in [0.5, 0.6) is 5.75 Å². The summed E-state index contributed by atoms with van der Waals surface area (Å²) in [5.74, 6) is -1.51. The first-order valence-electron chi connectivity index (χ1n) is 22.2. The maximum Gasteiger partial charge on any atom is 0.341 e. The van der Waals surface area contributed by atoms with Gasteiger partial charge in [-0.05, 0) is 94.2 Å². The number of benzene rings is 2. The van der Waals surface area contributed by atoms with Crippen LogP contribution >= 0.6 is 0 Å². The zero-order chi connectivity index (χ0) is 45.2. The number of hydrogen-bond acceptors (Lipinski definition) is 12. The number of aliphatic hydroxyl groups is 2. The second-order valence-corrected chi connectivity index (χ2v) is 19.3. The Morgan fingerprint density at radius 2 is 1.77 bits per heavy atom. The van der Waals surface area contributed by atoms with Crippen LogP contribution in [0.3, 0.4) is 0 Å². The quantitative estimate of drug-likeness (QED) is 0.126. The fraction of sp³-hybridized carbons (Fsp3) is 0.612. The molecule has 62 heavy (non-hydrogen) atoms. The predicted molar refractivity (Wildman–Crippen MR) is 239 cm³/mol. The molecule has 2 fully saturated rings. The molecule has 0 radical (unpaired) electrons. The van der Waals surface area contributed by atoms with E-state index < -0.39 is 57.5 Å². The highest BCUT2D eigenvalue weighted by Crippen LogP contribution is 2.58. The molecule has 4 aliphatic heterocycles. The Bertz CT molecular complexity index is 2250. The van der Waals surface area contributed by atoms with E-state index in [1.165, 1.54) is 28.1 Å². The van der Waals surface area contributed by atoms with Gasteiger partial charge in [-0.2, -0.15) is 0 Å². The molecule has 0 aliphatic carbocycles. The van der Waals surface area contributed by atoms with Gasteiger partial charge in [-0.15, -0.1) is 0 Å². The van der Waals surface area contributed by atoms with E-state index >= 15 is 4.79 Å². The monoisotopic (exact) mass is 856 g/mol. The summed E-state index contributed by atoms with van der Waals surface area (Å²) in [5.41, 5.74) is -0.0320. The van der Waals surface area contributed by atoms with Gasteiger partial charge >= 0.3 is 17.9 Å². The Hall–Kier alpha value is -4.43. The average molecular weight is 857 g/mol. The second kappa shape index (κ2) is 16.6. The molecule has 3 aromatic rings. The number of carbonyl (C=O) groups excluding carboxylic acids is 3. The maximum atomic E-state index is 15.4. The Kier molecular flexibility index (Phi) is 12.2. The average Bonchev–Trinajstić information content (AvgIpc) is 3.81. The van der Waals surface area contributed by atoms with E-state index in [0.717, 1.165) is 39.0 Å². The summed E-state index contributed by atoms with van der Waals surface area (Å²) in [6.45, 7) is 14.2. The third kappa shape index (κ3) is 7.20. The van der Waals surface area contributed by atoms with Gasteiger partial charge < -0.3 is 39.0 Å². The highest BCUT2D eigenvalue weighted by Gasteiger charge is 2.65. The minimum atomic E-state index is -2.20. The van der Waals surface area contributed by atoms with Gasteiger partial charge in [0.15, 0.2) is 11.7 Å². The summed E-state index contributed by atoms with van der Waals surface area (Å²) >= 11 is 0. The van der Waals surface area contributed by atoms with E-state index in [1.807, 2.05) is 46.2 Å². The molecule has 338 valence electrons. The lowest BCUT2D eigenvalue weighted by Gasteiger charge is -2.55. The number of carbonyl (C=O) groups is 3. The van der Waals surface area contributed by atoms with E-state index in [1.54, 1.807) is 7.11 Å². The van der Waals surface area contributed by atoms with Crippen molar-refractivity contribution < 1.29 is 43.5 Å². The molecule has 0 amide bonds. The number of nitrogens with zero attached hydrogens (tertiary/aromatic N) is 3. The number of esters is 3. The molecule has 0 spiro atoms. The highest BCUT2D eigenvalue weighted by molar-refractivity contribution is 5.94. The van der Waals surface area contributed by atoms with Crippen molar-refractivity contribution in [3.63, 3.8) is 0 Å². The number of ether oxygens (including phenoxy) is 4. The third-order valence-corrected chi connectivity index (χ3v) is 15.2. The number of fused-ring (bicyclic) bond motifs is 6. The molecular weight excluding hydrogens is 789 g/mol. The van der Waals surface area contributed by atoms with Crippen LogP contribution in [0.1, 0.15) is 94.7 Å². The van der Waals surface area contributed by atoms with E-state index in [4.69, 9.17) is 18.9 Å². The molecule has 0 saturated carbocycles. The van der Waals surface area contributed by atoms with Gasteiger partial charge in [-0.3, -0.25) is 19.4 Å². The standard InChI is InChI=1S/C49H68N4O9/c1-12-47(58)26-32-27-49(44(56)61-11,40-33(17-21-52(28-32)29-47)34-23-30(3)15-16-37(34)50-40)36-24-35(38(51(7)8)25-39(36)59-9)45(5)19-22-53-20-14-18-48(13-2,41(45)53)42(62-31(4)54)46(6,57)43(55)60-10/h14-16,18,23-25,32,41-42,50,57-58H,12-13,17,19-22,26-29H2,1-11H3/t32-,41?,42-,45-,46?,47-,48+,49-/m0/s1. The van der Waals surface area contributed by atoms with Gasteiger partial charge in [0, 0.05) is 98.0 Å². The highest BCUT2D eigenvalue weighted by atomic mass is 16.6. The van der Waals surface area contributed by atoms with Crippen LogP contribution in [-0.2, 0) is 45.8 Å². The Morgan fingerprint density at radius 3 is 2.40 bits per heavy atom. The molecule has 13 nitrogen and oxygen atoms in total. The Balaban J connectivity index is 1.55. The Labute approximate surface area is 366 Å². The van der Waals surface area contributed by atoms with Gasteiger partial charge in [0.2, 0.25) is 0 Å². The van der Waals surface area contributed by atoms with Crippen LogP contribution in [0.2, 0.25) is 0 Å². The van der Waals surface area contributed by atoms with E-state index in [9.17, 15) is 19.8 Å². The summed E-state index contributed by atoms with van der Waals surface area (Å²) in [7, 11) is 8.28. The summed E-state index contributed by atoms with van der Waals surface area (Å²) in [4.78, 5) is 52.4. The van der Waals surface area contributed by atoms with E-state index in [-0.39, 0.29) is 5.92 Å². The van der Waals surface area contributed by atoms with Gasteiger partial charge in [-0.25, -0.2) is 4.79 Å². The minimum Gasteiger partial charge on any atom is -0.496 e. The number of nitrogens with one attached hydrogen (secondary N) is 1. The van der Waals surface area contributed by atoms with Gasteiger partial charge in [0.05, 0.1) is 26.9 Å². The lowest BCUT2D eigenvalue weighted by atomic mass is 9.57. The van der Waals surface area contributed by atoms with Crippen molar-refractivity contribution in [2.24, 2.45) is 11.3 Å². The number of H-pyrrole nitrogens is 1. The van der Waals surface area contributed by atoms with Crippen molar-refractivity contribution in [2.75, 3.05) is 73.0 Å². The molecule has 3 unspecified atom stereocenters. The lowest BCUT2D eigenvalue weighted by molar-refractivity contribution is -0.200. The molecule has 2 aromatic carbocycles. The number of hydrogen-bond donors (Lipinski definition) is 3.